The van der Waals surface area contributed by atoms with Crippen molar-refractivity contribution in [2.75, 3.05) is 19.8 Å². The second-order valence-corrected chi connectivity index (χ2v) is 5.39. The Morgan fingerprint density at radius 2 is 1.95 bits per heavy atom. The number of benzene rings is 1. The highest BCUT2D eigenvalue weighted by Gasteiger charge is 2.26. The lowest BCUT2D eigenvalue weighted by Gasteiger charge is -2.28. The van der Waals surface area contributed by atoms with Crippen molar-refractivity contribution < 1.29 is 14.6 Å². The molecule has 5 heteroatoms. The van der Waals surface area contributed by atoms with E-state index < -0.39 is 0 Å². The van der Waals surface area contributed by atoms with Crippen molar-refractivity contribution in [1.29, 1.82) is 0 Å². The molecule has 0 aromatic heterocycles. The largest absolute Gasteiger partial charge is 0.484 e. The van der Waals surface area contributed by atoms with Crippen molar-refractivity contribution in [3.63, 3.8) is 0 Å². The van der Waals surface area contributed by atoms with Crippen LogP contribution in [0.25, 0.3) is 0 Å². The van der Waals surface area contributed by atoms with E-state index in [-0.39, 0.29) is 25.2 Å². The normalized spacial score (nSPS) is 15.1. The molecule has 3 N–H and O–H groups in total. The third kappa shape index (κ3) is 4.44. The molecule has 1 aliphatic carbocycles. The molecular weight excluding hydrogens is 268 g/mol. The van der Waals surface area contributed by atoms with Gasteiger partial charge in [0.2, 0.25) is 0 Å². The fourth-order valence-corrected chi connectivity index (χ4v) is 2.78. The van der Waals surface area contributed by atoms with Crippen LogP contribution in [-0.4, -0.2) is 41.7 Å². The lowest BCUT2D eigenvalue weighted by Crippen LogP contribution is -2.43. The fourth-order valence-electron chi connectivity index (χ4n) is 2.78. The first-order chi connectivity index (χ1) is 10.2. The van der Waals surface area contributed by atoms with Crippen LogP contribution in [-0.2, 0) is 11.3 Å². The Kier molecular flexibility index (Phi) is 6.02. The van der Waals surface area contributed by atoms with Gasteiger partial charge in [-0.2, -0.15) is 0 Å². The highest BCUT2D eigenvalue weighted by molar-refractivity contribution is 5.78. The number of aliphatic hydroxyl groups is 1. The van der Waals surface area contributed by atoms with Crippen LogP contribution in [0.1, 0.15) is 31.2 Å². The monoisotopic (exact) mass is 292 g/mol. The van der Waals surface area contributed by atoms with Gasteiger partial charge in [-0.25, -0.2) is 0 Å². The van der Waals surface area contributed by atoms with Gasteiger partial charge in [-0.1, -0.05) is 25.0 Å². The summed E-state index contributed by atoms with van der Waals surface area (Å²) in [6, 6.07) is 7.68. The van der Waals surface area contributed by atoms with Gasteiger partial charge in [0.1, 0.15) is 5.75 Å². The minimum absolute atomic E-state index is 0.00651. The van der Waals surface area contributed by atoms with Crippen molar-refractivity contribution in [3.05, 3.63) is 29.8 Å². The van der Waals surface area contributed by atoms with Crippen molar-refractivity contribution in [2.24, 2.45) is 5.73 Å². The standard InChI is InChI=1S/C16H24N2O3/c17-11-13-5-7-15(8-6-13)21-12-16(20)18(9-10-19)14-3-1-2-4-14/h5-8,14,19H,1-4,9-12,17H2. The molecule has 1 amide bonds. The SMILES string of the molecule is NCc1ccc(OCC(=O)N(CCO)C2CCCC2)cc1. The number of nitrogens with two attached hydrogens (primary N) is 1. The van der Waals surface area contributed by atoms with Gasteiger partial charge in [0.15, 0.2) is 6.61 Å². The average Bonchev–Trinajstić information content (AvgIpc) is 3.04. The fraction of sp³-hybridized carbons (Fsp3) is 0.562. The first-order valence-electron chi connectivity index (χ1n) is 7.56. The highest BCUT2D eigenvalue weighted by Crippen LogP contribution is 2.23. The van der Waals surface area contributed by atoms with Crippen LogP contribution in [0, 0.1) is 0 Å². The Balaban J connectivity index is 1.88. The molecule has 1 saturated carbocycles. The van der Waals surface area contributed by atoms with Gasteiger partial charge >= 0.3 is 0 Å². The van der Waals surface area contributed by atoms with E-state index in [0.717, 1.165) is 31.2 Å². The molecule has 0 unspecified atom stereocenters. The van der Waals surface area contributed by atoms with Crippen LogP contribution >= 0.6 is 0 Å². The number of rotatable bonds is 7. The van der Waals surface area contributed by atoms with Gasteiger partial charge in [-0.05, 0) is 30.5 Å². The molecule has 0 bridgehead atoms. The number of aliphatic hydroxyl groups excluding tert-OH is 1. The zero-order valence-corrected chi connectivity index (χ0v) is 12.3. The Hall–Kier alpha value is -1.59. The van der Waals surface area contributed by atoms with Crippen molar-refractivity contribution in [2.45, 2.75) is 38.3 Å². The molecule has 2 rings (SSSR count). The molecule has 0 radical (unpaired) electrons. The van der Waals surface area contributed by atoms with Gasteiger partial charge in [0, 0.05) is 19.1 Å². The number of nitrogens with zero attached hydrogens (tertiary/aromatic N) is 1. The van der Waals surface area contributed by atoms with E-state index in [2.05, 4.69) is 0 Å². The highest BCUT2D eigenvalue weighted by atomic mass is 16.5. The van der Waals surface area contributed by atoms with E-state index in [0.29, 0.717) is 18.8 Å². The summed E-state index contributed by atoms with van der Waals surface area (Å²) >= 11 is 0. The van der Waals surface area contributed by atoms with E-state index in [1.807, 2.05) is 24.3 Å². The third-order valence-corrected chi connectivity index (χ3v) is 3.95. The molecule has 5 nitrogen and oxygen atoms in total. The quantitative estimate of drug-likeness (QED) is 0.794. The number of hydrogen-bond acceptors (Lipinski definition) is 4. The molecule has 21 heavy (non-hydrogen) atoms. The summed E-state index contributed by atoms with van der Waals surface area (Å²) < 4.78 is 5.54. The number of hydrogen-bond donors (Lipinski definition) is 2. The topological polar surface area (TPSA) is 75.8 Å². The summed E-state index contributed by atoms with van der Waals surface area (Å²) in [5.74, 6) is 0.606. The predicted octanol–water partition coefficient (Wildman–Crippen LogP) is 1.29. The van der Waals surface area contributed by atoms with E-state index >= 15 is 0 Å². The molecule has 0 aliphatic heterocycles. The van der Waals surface area contributed by atoms with Crippen LogP contribution in [0.5, 0.6) is 5.75 Å². The second-order valence-electron chi connectivity index (χ2n) is 5.39. The summed E-state index contributed by atoms with van der Waals surface area (Å²) in [6.07, 6.45) is 4.36. The Bertz CT molecular complexity index is 441. The second kappa shape index (κ2) is 8.00. The summed E-state index contributed by atoms with van der Waals surface area (Å²) in [7, 11) is 0. The van der Waals surface area contributed by atoms with Gasteiger partial charge in [0.05, 0.1) is 6.61 Å². The number of carbonyl (C=O) groups is 1. The smallest absolute Gasteiger partial charge is 0.260 e. The maximum absolute atomic E-state index is 12.3. The van der Waals surface area contributed by atoms with Crippen LogP contribution in [0.4, 0.5) is 0 Å². The number of ether oxygens (including phenoxy) is 1. The first kappa shape index (κ1) is 15.8. The van der Waals surface area contributed by atoms with Crippen LogP contribution in [0.15, 0.2) is 24.3 Å². The summed E-state index contributed by atoms with van der Waals surface area (Å²) in [5, 5.41) is 9.14. The molecule has 0 spiro atoms. The van der Waals surface area contributed by atoms with E-state index in [1.165, 1.54) is 0 Å². The van der Waals surface area contributed by atoms with Crippen LogP contribution in [0.3, 0.4) is 0 Å². The number of carbonyl (C=O) groups excluding carboxylic acids is 1. The molecule has 116 valence electrons. The summed E-state index contributed by atoms with van der Waals surface area (Å²) in [5.41, 5.74) is 6.57. The Morgan fingerprint density at radius 3 is 2.52 bits per heavy atom. The molecule has 1 fully saturated rings. The Morgan fingerprint density at radius 1 is 1.29 bits per heavy atom. The predicted molar refractivity (Wildman–Crippen MR) is 80.9 cm³/mol. The molecule has 1 aromatic rings. The maximum Gasteiger partial charge on any atom is 0.260 e. The van der Waals surface area contributed by atoms with Crippen molar-refractivity contribution in [1.82, 2.24) is 4.90 Å². The van der Waals surface area contributed by atoms with Crippen LogP contribution < -0.4 is 10.5 Å². The van der Waals surface area contributed by atoms with Gasteiger partial charge in [0.25, 0.3) is 5.91 Å². The molecule has 1 aliphatic rings. The lowest BCUT2D eigenvalue weighted by molar-refractivity contribution is -0.136. The van der Waals surface area contributed by atoms with Gasteiger partial charge in [-0.15, -0.1) is 0 Å². The van der Waals surface area contributed by atoms with E-state index in [9.17, 15) is 4.79 Å². The molecule has 0 saturated heterocycles. The zero-order valence-electron chi connectivity index (χ0n) is 12.3. The average molecular weight is 292 g/mol. The van der Waals surface area contributed by atoms with Gasteiger partial charge < -0.3 is 20.5 Å². The van der Waals surface area contributed by atoms with Crippen LogP contribution in [0.2, 0.25) is 0 Å². The van der Waals surface area contributed by atoms with E-state index in [4.69, 9.17) is 15.6 Å². The molecular formula is C16H24N2O3. The minimum atomic E-state index is -0.0566. The number of amides is 1. The first-order valence-corrected chi connectivity index (χ1v) is 7.56. The Labute approximate surface area is 125 Å². The molecule has 0 atom stereocenters. The summed E-state index contributed by atoms with van der Waals surface area (Å²) in [6.45, 7) is 0.885. The molecule has 0 heterocycles. The van der Waals surface area contributed by atoms with Crippen molar-refractivity contribution in [3.8, 4) is 5.75 Å². The third-order valence-electron chi connectivity index (χ3n) is 3.95. The van der Waals surface area contributed by atoms with Gasteiger partial charge in [-0.3, -0.25) is 4.79 Å². The van der Waals surface area contributed by atoms with Crippen molar-refractivity contribution >= 4 is 5.91 Å². The summed E-state index contributed by atoms with van der Waals surface area (Å²) in [4.78, 5) is 14.1. The minimum Gasteiger partial charge on any atom is -0.484 e. The lowest BCUT2D eigenvalue weighted by atomic mass is 10.2. The van der Waals surface area contributed by atoms with E-state index in [1.54, 1.807) is 4.90 Å². The zero-order chi connectivity index (χ0) is 15.1. The maximum atomic E-state index is 12.3. The molecule has 1 aromatic carbocycles.